The van der Waals surface area contributed by atoms with Gasteiger partial charge in [-0.15, -0.1) is 0 Å². The Kier molecular flexibility index (Phi) is 7.02. The number of rotatable bonds is 11. The van der Waals surface area contributed by atoms with Crippen molar-refractivity contribution in [2.24, 2.45) is 17.3 Å². The van der Waals surface area contributed by atoms with Crippen LogP contribution >= 0.6 is 0 Å². The topological polar surface area (TPSA) is 152 Å². The number of nitrogen functional groups attached to an aromatic ring is 1. The van der Waals surface area contributed by atoms with Crippen LogP contribution in [0, 0.1) is 28.6 Å². The van der Waals surface area contributed by atoms with Crippen molar-refractivity contribution in [3.05, 3.63) is 24.3 Å². The van der Waals surface area contributed by atoms with Gasteiger partial charge in [0.25, 0.3) is 5.91 Å². The Hall–Kier alpha value is -3.68. The highest BCUT2D eigenvalue weighted by molar-refractivity contribution is 5.90. The molecule has 1 amide bonds. The molecule has 0 atom stereocenters. The van der Waals surface area contributed by atoms with Crippen LogP contribution in [0.15, 0.2) is 18.5 Å². The van der Waals surface area contributed by atoms with Gasteiger partial charge in [0.1, 0.15) is 6.61 Å². The molecule has 2 aliphatic carbocycles. The van der Waals surface area contributed by atoms with Crippen LogP contribution in [-0.4, -0.2) is 58.7 Å². The molecule has 2 aromatic heterocycles. The minimum Gasteiger partial charge on any atom is -0.490 e. The zero-order valence-corrected chi connectivity index (χ0v) is 20.4. The Morgan fingerprint density at radius 2 is 1.97 bits per heavy atom. The molecule has 11 heteroatoms. The van der Waals surface area contributed by atoms with Crippen LogP contribution in [-0.2, 0) is 0 Å². The van der Waals surface area contributed by atoms with Crippen LogP contribution in [0.25, 0.3) is 0 Å². The highest BCUT2D eigenvalue weighted by Crippen LogP contribution is 2.44. The van der Waals surface area contributed by atoms with Crippen LogP contribution in [0.2, 0.25) is 0 Å². The number of piperidine rings is 1. The maximum Gasteiger partial charge on any atom is 0.322 e. The van der Waals surface area contributed by atoms with Crippen LogP contribution in [0.5, 0.6) is 11.8 Å². The van der Waals surface area contributed by atoms with Gasteiger partial charge in [-0.2, -0.15) is 20.2 Å². The summed E-state index contributed by atoms with van der Waals surface area (Å²) in [5.74, 6) is 1.81. The fourth-order valence-electron chi connectivity index (χ4n) is 4.19. The van der Waals surface area contributed by atoms with Crippen molar-refractivity contribution in [2.75, 3.05) is 43.5 Å². The van der Waals surface area contributed by atoms with Crippen LogP contribution in [0.4, 0.5) is 11.6 Å². The lowest BCUT2D eigenvalue weighted by Crippen LogP contribution is -2.37. The molecule has 11 nitrogen and oxygen atoms in total. The van der Waals surface area contributed by atoms with Crippen molar-refractivity contribution in [3.8, 4) is 17.8 Å². The molecule has 0 unspecified atom stereocenters. The summed E-state index contributed by atoms with van der Waals surface area (Å²) in [5, 5.41) is 12.3. The molecule has 1 saturated heterocycles. The minimum absolute atomic E-state index is 0.0464. The number of nitrogens with one attached hydrogen (secondary N) is 1. The Balaban J connectivity index is 1.22. The maximum absolute atomic E-state index is 12.8. The van der Waals surface area contributed by atoms with E-state index >= 15 is 0 Å². The minimum atomic E-state index is -0.463. The van der Waals surface area contributed by atoms with E-state index in [0.29, 0.717) is 49.5 Å². The smallest absolute Gasteiger partial charge is 0.322 e. The van der Waals surface area contributed by atoms with E-state index in [1.54, 1.807) is 18.5 Å². The average molecular weight is 493 g/mol. The third-order valence-corrected chi connectivity index (χ3v) is 7.10. The van der Waals surface area contributed by atoms with E-state index in [1.165, 1.54) is 12.8 Å². The molecule has 3 aliphatic rings. The van der Waals surface area contributed by atoms with Crippen LogP contribution in [0.3, 0.4) is 0 Å². The molecule has 2 aromatic rings. The number of hydrogen-bond donors (Lipinski definition) is 2. The van der Waals surface area contributed by atoms with Gasteiger partial charge in [0.05, 0.1) is 30.0 Å². The predicted octanol–water partition coefficient (Wildman–Crippen LogP) is 2.36. The quantitative estimate of drug-likeness (QED) is 0.478. The molecule has 5 rings (SSSR count). The molecule has 1 aliphatic heterocycles. The largest absolute Gasteiger partial charge is 0.490 e. The standard InChI is InChI=1S/C25H32N8O3/c26-15-25(7-8-25)16-36-24-31-21(22(34)29-10-3-17-1-2-17)30-23(32-24)33-11-5-18(6-12-33)14-35-20-13-28-9-4-19(20)27/h4,9,13,17-18H,1-3,5-8,10-12,14,16H2,(H2,27,28)(H,29,34). The number of pyridine rings is 1. The summed E-state index contributed by atoms with van der Waals surface area (Å²) >= 11 is 0. The highest BCUT2D eigenvalue weighted by atomic mass is 16.5. The van der Waals surface area contributed by atoms with E-state index < -0.39 is 5.41 Å². The SMILES string of the molecule is N#CC1(COc2nc(C(=O)NCCC3CC3)nc(N3CCC(COc4cnccc4N)CC3)n2)CC1. The van der Waals surface area contributed by atoms with E-state index in [0.717, 1.165) is 38.0 Å². The highest BCUT2D eigenvalue weighted by Gasteiger charge is 2.44. The normalized spacial score (nSPS) is 18.8. The molecular formula is C25H32N8O3. The Morgan fingerprint density at radius 3 is 2.67 bits per heavy atom. The van der Waals surface area contributed by atoms with E-state index in [4.69, 9.17) is 15.2 Å². The van der Waals surface area contributed by atoms with Gasteiger partial charge in [0.2, 0.25) is 11.8 Å². The molecule has 0 spiro atoms. The van der Waals surface area contributed by atoms with Gasteiger partial charge in [-0.1, -0.05) is 12.8 Å². The lowest BCUT2D eigenvalue weighted by molar-refractivity contribution is 0.0940. The molecule has 3 N–H and O–H groups in total. The number of nitrogens with zero attached hydrogens (tertiary/aromatic N) is 6. The van der Waals surface area contributed by atoms with Gasteiger partial charge in [0, 0.05) is 25.8 Å². The molecule has 0 bridgehead atoms. The Labute approximate surface area is 210 Å². The summed E-state index contributed by atoms with van der Waals surface area (Å²) in [6, 6.07) is 4.12. The number of nitriles is 1. The fraction of sp³-hybridized carbons (Fsp3) is 0.600. The number of carbonyl (C=O) groups excluding carboxylic acids is 1. The summed E-state index contributed by atoms with van der Waals surface area (Å²) in [7, 11) is 0. The average Bonchev–Trinajstić information content (AvgIpc) is 3.84. The second-order valence-electron chi connectivity index (χ2n) is 10.1. The van der Waals surface area contributed by atoms with E-state index in [-0.39, 0.29) is 24.3 Å². The first-order valence-electron chi connectivity index (χ1n) is 12.7. The third-order valence-electron chi connectivity index (χ3n) is 7.10. The number of carbonyl (C=O) groups is 1. The van der Waals surface area contributed by atoms with Gasteiger partial charge in [0.15, 0.2) is 5.75 Å². The van der Waals surface area contributed by atoms with Gasteiger partial charge >= 0.3 is 6.01 Å². The molecule has 3 heterocycles. The van der Waals surface area contributed by atoms with Gasteiger partial charge in [-0.3, -0.25) is 9.78 Å². The second kappa shape index (κ2) is 10.5. The summed E-state index contributed by atoms with van der Waals surface area (Å²) in [4.78, 5) is 32.1. The monoisotopic (exact) mass is 492 g/mol. The maximum atomic E-state index is 12.8. The molecular weight excluding hydrogens is 460 g/mol. The zero-order valence-electron chi connectivity index (χ0n) is 20.4. The summed E-state index contributed by atoms with van der Waals surface area (Å²) in [6.07, 6.45) is 10.1. The number of nitrogens with two attached hydrogens (primary N) is 1. The van der Waals surface area contributed by atoms with E-state index in [9.17, 15) is 10.1 Å². The van der Waals surface area contributed by atoms with Crippen molar-refractivity contribution < 1.29 is 14.3 Å². The first-order valence-corrected chi connectivity index (χ1v) is 12.7. The lowest BCUT2D eigenvalue weighted by Gasteiger charge is -2.32. The Bertz CT molecular complexity index is 1120. The molecule has 2 saturated carbocycles. The number of aromatic nitrogens is 4. The predicted molar refractivity (Wildman–Crippen MR) is 131 cm³/mol. The summed E-state index contributed by atoms with van der Waals surface area (Å²) in [6.45, 7) is 2.80. The number of ether oxygens (including phenoxy) is 2. The summed E-state index contributed by atoms with van der Waals surface area (Å²) in [5.41, 5.74) is 6.05. The van der Waals surface area contributed by atoms with Gasteiger partial charge < -0.3 is 25.4 Å². The fourth-order valence-corrected chi connectivity index (χ4v) is 4.19. The molecule has 0 radical (unpaired) electrons. The number of anilines is 2. The molecule has 3 fully saturated rings. The van der Waals surface area contributed by atoms with Gasteiger partial charge in [-0.25, -0.2) is 0 Å². The summed E-state index contributed by atoms with van der Waals surface area (Å²) < 4.78 is 11.7. The van der Waals surface area contributed by atoms with Crippen molar-refractivity contribution >= 4 is 17.5 Å². The van der Waals surface area contributed by atoms with E-state index in [1.807, 2.05) is 4.90 Å². The van der Waals surface area contributed by atoms with Crippen LogP contribution < -0.4 is 25.4 Å². The first kappa shape index (κ1) is 24.0. The molecule has 0 aromatic carbocycles. The Morgan fingerprint density at radius 1 is 1.17 bits per heavy atom. The molecule has 36 heavy (non-hydrogen) atoms. The zero-order chi connectivity index (χ0) is 25.0. The van der Waals surface area contributed by atoms with E-state index in [2.05, 4.69) is 31.3 Å². The molecule has 190 valence electrons. The van der Waals surface area contributed by atoms with Crippen molar-refractivity contribution in [1.82, 2.24) is 25.3 Å². The van der Waals surface area contributed by atoms with Crippen molar-refractivity contribution in [2.45, 2.75) is 44.9 Å². The van der Waals surface area contributed by atoms with Gasteiger partial charge in [-0.05, 0) is 50.0 Å². The second-order valence-corrected chi connectivity index (χ2v) is 10.1. The third kappa shape index (κ3) is 6.11. The number of amides is 1. The lowest BCUT2D eigenvalue weighted by atomic mass is 9.98. The first-order chi connectivity index (χ1) is 17.5. The van der Waals surface area contributed by atoms with Crippen LogP contribution in [0.1, 0.15) is 55.6 Å². The number of hydrogen-bond acceptors (Lipinski definition) is 10. The van der Waals surface area contributed by atoms with Crippen molar-refractivity contribution in [3.63, 3.8) is 0 Å². The van der Waals surface area contributed by atoms with Crippen molar-refractivity contribution in [1.29, 1.82) is 5.26 Å².